The van der Waals surface area contributed by atoms with Crippen LogP contribution in [0.2, 0.25) is 0 Å². The monoisotopic (exact) mass is 258 g/mol. The molecule has 4 nitrogen and oxygen atoms in total. The molecule has 3 rings (SSSR count). The summed E-state index contributed by atoms with van der Waals surface area (Å²) < 4.78 is 22.9. The van der Waals surface area contributed by atoms with Crippen molar-refractivity contribution in [3.8, 4) is 0 Å². The first-order chi connectivity index (χ1) is 8.12. The van der Waals surface area contributed by atoms with E-state index in [1.165, 1.54) is 25.9 Å². The number of rotatable bonds is 2. The summed E-state index contributed by atoms with van der Waals surface area (Å²) in [4.78, 5) is 5.10. The van der Waals surface area contributed by atoms with E-state index in [0.717, 1.165) is 32.1 Å². The Hall–Kier alpha value is -0.130. The van der Waals surface area contributed by atoms with Crippen LogP contribution in [-0.4, -0.2) is 68.5 Å². The highest BCUT2D eigenvalue weighted by Crippen LogP contribution is 2.24. The van der Waals surface area contributed by atoms with E-state index in [0.29, 0.717) is 17.4 Å². The Morgan fingerprint density at radius 2 is 2.00 bits per heavy atom. The zero-order chi connectivity index (χ0) is 11.9. The molecule has 0 spiro atoms. The second kappa shape index (κ2) is 4.52. The van der Waals surface area contributed by atoms with E-state index in [1.807, 2.05) is 0 Å². The molecule has 3 saturated heterocycles. The van der Waals surface area contributed by atoms with Crippen LogP contribution in [0, 0.1) is 5.92 Å². The molecule has 0 aromatic rings. The molecule has 0 aliphatic carbocycles. The molecule has 5 heteroatoms. The summed E-state index contributed by atoms with van der Waals surface area (Å²) in [7, 11) is -2.70. The molecular weight excluding hydrogens is 236 g/mol. The fourth-order valence-electron chi connectivity index (χ4n) is 3.60. The lowest BCUT2D eigenvalue weighted by atomic mass is 10.1. The third-order valence-corrected chi connectivity index (χ3v) is 6.35. The molecule has 2 unspecified atom stereocenters. The number of hydrogen-bond donors (Lipinski definition) is 0. The third kappa shape index (κ3) is 2.66. The average Bonchev–Trinajstić information content (AvgIpc) is 2.84. The molecule has 0 amide bonds. The Morgan fingerprint density at radius 1 is 1.12 bits per heavy atom. The fourth-order valence-corrected chi connectivity index (χ4v) is 5.45. The Morgan fingerprint density at radius 3 is 2.76 bits per heavy atom. The first-order valence-electron chi connectivity index (χ1n) is 6.79. The molecule has 0 bridgehead atoms. The number of hydrogen-bond acceptors (Lipinski definition) is 4. The van der Waals surface area contributed by atoms with E-state index in [-0.39, 0.29) is 0 Å². The highest BCUT2D eigenvalue weighted by Gasteiger charge is 2.34. The van der Waals surface area contributed by atoms with Crippen molar-refractivity contribution in [3.05, 3.63) is 0 Å². The summed E-state index contributed by atoms with van der Waals surface area (Å²) in [5.41, 5.74) is 0. The highest BCUT2D eigenvalue weighted by molar-refractivity contribution is 7.91. The van der Waals surface area contributed by atoms with Gasteiger partial charge in [-0.05, 0) is 31.7 Å². The minimum atomic E-state index is -2.70. The van der Waals surface area contributed by atoms with Gasteiger partial charge in [-0.25, -0.2) is 8.42 Å². The van der Waals surface area contributed by atoms with Crippen molar-refractivity contribution in [1.82, 2.24) is 9.80 Å². The van der Waals surface area contributed by atoms with Crippen LogP contribution in [0.15, 0.2) is 0 Å². The molecule has 0 radical (unpaired) electrons. The summed E-state index contributed by atoms with van der Waals surface area (Å²) in [6.07, 6.45) is 3.56. The molecule has 0 aromatic carbocycles. The van der Waals surface area contributed by atoms with E-state index in [1.54, 1.807) is 0 Å². The molecule has 0 saturated carbocycles. The second-order valence-electron chi connectivity index (χ2n) is 5.86. The summed E-state index contributed by atoms with van der Waals surface area (Å²) in [5.74, 6) is 1.24. The van der Waals surface area contributed by atoms with Crippen molar-refractivity contribution in [3.63, 3.8) is 0 Å². The largest absolute Gasteiger partial charge is 0.300 e. The van der Waals surface area contributed by atoms with E-state index in [4.69, 9.17) is 0 Å². The van der Waals surface area contributed by atoms with Gasteiger partial charge < -0.3 is 4.90 Å². The van der Waals surface area contributed by atoms with E-state index in [9.17, 15) is 8.42 Å². The SMILES string of the molecule is O=S1(=O)CCC(CN2CCN3CCCC3C2)C1. The Balaban J connectivity index is 1.53. The molecule has 2 atom stereocenters. The van der Waals surface area contributed by atoms with Crippen LogP contribution in [0.25, 0.3) is 0 Å². The molecular formula is C12H22N2O2S. The van der Waals surface area contributed by atoms with Gasteiger partial charge in [0, 0.05) is 32.2 Å². The summed E-state index contributed by atoms with van der Waals surface area (Å²) >= 11 is 0. The lowest BCUT2D eigenvalue weighted by molar-refractivity contribution is 0.0945. The summed E-state index contributed by atoms with van der Waals surface area (Å²) in [5, 5.41) is 0. The Bertz CT molecular complexity index is 382. The molecule has 3 aliphatic heterocycles. The van der Waals surface area contributed by atoms with Gasteiger partial charge in [0.1, 0.15) is 0 Å². The Kier molecular flexibility index (Phi) is 3.17. The standard InChI is InChI=1S/C12H22N2O2S/c15-17(16)7-3-11(10-17)8-13-5-6-14-4-1-2-12(14)9-13/h11-12H,1-10H2. The molecule has 0 aromatic heterocycles. The van der Waals surface area contributed by atoms with Crippen LogP contribution in [0.1, 0.15) is 19.3 Å². The van der Waals surface area contributed by atoms with Gasteiger partial charge in [-0.15, -0.1) is 0 Å². The minimum absolute atomic E-state index is 0.396. The third-order valence-electron chi connectivity index (χ3n) is 4.51. The lowest BCUT2D eigenvalue weighted by Gasteiger charge is -2.38. The molecule has 0 N–H and O–H groups in total. The smallest absolute Gasteiger partial charge is 0.150 e. The predicted octanol–water partition coefficient (Wildman–Crippen LogP) is 0.201. The van der Waals surface area contributed by atoms with Crippen molar-refractivity contribution in [2.75, 3.05) is 44.2 Å². The van der Waals surface area contributed by atoms with Gasteiger partial charge in [-0.1, -0.05) is 0 Å². The number of nitrogens with zero attached hydrogens (tertiary/aromatic N) is 2. The fraction of sp³-hybridized carbons (Fsp3) is 1.00. The van der Waals surface area contributed by atoms with Gasteiger partial charge in [0.15, 0.2) is 9.84 Å². The van der Waals surface area contributed by atoms with Gasteiger partial charge in [-0.2, -0.15) is 0 Å². The minimum Gasteiger partial charge on any atom is -0.300 e. The van der Waals surface area contributed by atoms with Crippen molar-refractivity contribution >= 4 is 9.84 Å². The van der Waals surface area contributed by atoms with Crippen LogP contribution in [0.4, 0.5) is 0 Å². The van der Waals surface area contributed by atoms with E-state index in [2.05, 4.69) is 9.80 Å². The normalized spacial score (nSPS) is 38.4. The molecule has 98 valence electrons. The first kappa shape index (κ1) is 11.9. The summed E-state index contributed by atoms with van der Waals surface area (Å²) in [6, 6.07) is 0.752. The van der Waals surface area contributed by atoms with Crippen LogP contribution >= 0.6 is 0 Å². The van der Waals surface area contributed by atoms with Gasteiger partial charge in [-0.3, -0.25) is 4.90 Å². The number of fused-ring (bicyclic) bond motifs is 1. The van der Waals surface area contributed by atoms with Crippen molar-refractivity contribution < 1.29 is 8.42 Å². The van der Waals surface area contributed by atoms with Crippen molar-refractivity contribution in [1.29, 1.82) is 0 Å². The zero-order valence-corrected chi connectivity index (χ0v) is 11.2. The quantitative estimate of drug-likeness (QED) is 0.709. The number of sulfone groups is 1. The van der Waals surface area contributed by atoms with Crippen LogP contribution in [0.3, 0.4) is 0 Å². The van der Waals surface area contributed by atoms with Crippen molar-refractivity contribution in [2.24, 2.45) is 5.92 Å². The van der Waals surface area contributed by atoms with Crippen LogP contribution in [0.5, 0.6) is 0 Å². The van der Waals surface area contributed by atoms with Crippen LogP contribution in [-0.2, 0) is 9.84 Å². The van der Waals surface area contributed by atoms with Gasteiger partial charge in [0.25, 0.3) is 0 Å². The zero-order valence-electron chi connectivity index (χ0n) is 10.3. The van der Waals surface area contributed by atoms with Crippen molar-refractivity contribution in [2.45, 2.75) is 25.3 Å². The molecule has 3 heterocycles. The maximum Gasteiger partial charge on any atom is 0.150 e. The van der Waals surface area contributed by atoms with Gasteiger partial charge in [0.2, 0.25) is 0 Å². The lowest BCUT2D eigenvalue weighted by Crippen LogP contribution is -2.51. The van der Waals surface area contributed by atoms with Crippen LogP contribution < -0.4 is 0 Å². The first-order valence-corrected chi connectivity index (χ1v) is 8.61. The Labute approximate surface area is 104 Å². The second-order valence-corrected chi connectivity index (χ2v) is 8.09. The maximum atomic E-state index is 11.4. The number of piperazine rings is 1. The molecule has 17 heavy (non-hydrogen) atoms. The average molecular weight is 258 g/mol. The topological polar surface area (TPSA) is 40.6 Å². The van der Waals surface area contributed by atoms with Gasteiger partial charge in [0.05, 0.1) is 11.5 Å². The predicted molar refractivity (Wildman–Crippen MR) is 67.8 cm³/mol. The highest BCUT2D eigenvalue weighted by atomic mass is 32.2. The van der Waals surface area contributed by atoms with E-state index < -0.39 is 9.84 Å². The maximum absolute atomic E-state index is 11.4. The van der Waals surface area contributed by atoms with Gasteiger partial charge >= 0.3 is 0 Å². The molecule has 3 fully saturated rings. The summed E-state index contributed by atoms with van der Waals surface area (Å²) in [6.45, 7) is 5.76. The van der Waals surface area contributed by atoms with E-state index >= 15 is 0 Å². The molecule has 3 aliphatic rings.